The molecule has 1 amide bonds. The average Bonchev–Trinajstić information content (AvgIpc) is 3.15. The van der Waals surface area contributed by atoms with Crippen molar-refractivity contribution < 1.29 is 9.21 Å². The van der Waals surface area contributed by atoms with Gasteiger partial charge in [0.25, 0.3) is 0 Å². The number of rotatable bonds is 7. The van der Waals surface area contributed by atoms with Gasteiger partial charge < -0.3 is 9.73 Å². The van der Waals surface area contributed by atoms with Gasteiger partial charge in [0.2, 0.25) is 17.7 Å². The van der Waals surface area contributed by atoms with Crippen molar-refractivity contribution >= 4 is 5.91 Å². The maximum absolute atomic E-state index is 12.3. The number of amides is 1. The van der Waals surface area contributed by atoms with E-state index in [0.717, 1.165) is 17.5 Å². The van der Waals surface area contributed by atoms with Crippen molar-refractivity contribution in [1.29, 1.82) is 0 Å². The fourth-order valence-corrected chi connectivity index (χ4v) is 2.87. The van der Waals surface area contributed by atoms with E-state index in [1.165, 1.54) is 11.1 Å². The van der Waals surface area contributed by atoms with Crippen molar-refractivity contribution in [3.05, 3.63) is 71.1 Å². The van der Waals surface area contributed by atoms with Gasteiger partial charge in [-0.15, -0.1) is 10.2 Å². The first-order valence-electron chi connectivity index (χ1n) is 9.30. The minimum absolute atomic E-state index is 0.0162. The summed E-state index contributed by atoms with van der Waals surface area (Å²) in [5, 5.41) is 11.2. The minimum atomic E-state index is -0.0162. The molecule has 1 N–H and O–H groups in total. The van der Waals surface area contributed by atoms with Crippen molar-refractivity contribution in [2.45, 2.75) is 46.1 Å². The summed E-state index contributed by atoms with van der Waals surface area (Å²) >= 11 is 0. The van der Waals surface area contributed by atoms with E-state index in [2.05, 4.69) is 53.6 Å². The Bertz CT molecular complexity index is 883. The lowest BCUT2D eigenvalue weighted by Gasteiger charge is -2.17. The van der Waals surface area contributed by atoms with Crippen LogP contribution in [0.1, 0.15) is 48.4 Å². The third-order valence-electron chi connectivity index (χ3n) is 4.55. The largest absolute Gasteiger partial charge is 0.421 e. The first kappa shape index (κ1) is 18.8. The average molecular weight is 363 g/mol. The molecule has 0 fully saturated rings. The molecule has 0 aliphatic carbocycles. The smallest absolute Gasteiger partial charge is 0.247 e. The van der Waals surface area contributed by atoms with E-state index >= 15 is 0 Å². The second-order valence-corrected chi connectivity index (χ2v) is 6.81. The number of hydrogen-bond donors (Lipinski definition) is 1. The van der Waals surface area contributed by atoms with E-state index < -0.39 is 0 Å². The highest BCUT2D eigenvalue weighted by Gasteiger charge is 2.14. The first-order chi connectivity index (χ1) is 13.0. The zero-order chi connectivity index (χ0) is 19.2. The van der Waals surface area contributed by atoms with Crippen molar-refractivity contribution in [1.82, 2.24) is 15.5 Å². The fourth-order valence-electron chi connectivity index (χ4n) is 2.87. The van der Waals surface area contributed by atoms with Gasteiger partial charge in [0.05, 0.1) is 6.04 Å². The fraction of sp³-hybridized carbons (Fsp3) is 0.318. The molecule has 0 aliphatic heterocycles. The minimum Gasteiger partial charge on any atom is -0.421 e. The lowest BCUT2D eigenvalue weighted by molar-refractivity contribution is -0.121. The van der Waals surface area contributed by atoms with E-state index in [-0.39, 0.29) is 11.9 Å². The second-order valence-electron chi connectivity index (χ2n) is 6.81. The number of nitrogens with zero attached hydrogens (tertiary/aromatic N) is 2. The monoisotopic (exact) mass is 363 g/mol. The molecule has 2 aromatic carbocycles. The van der Waals surface area contributed by atoms with Crippen LogP contribution in [-0.2, 0) is 11.2 Å². The van der Waals surface area contributed by atoms with Gasteiger partial charge in [0.1, 0.15) is 0 Å². The predicted octanol–water partition coefficient (Wildman–Crippen LogP) is 4.55. The molecule has 3 aromatic rings. The summed E-state index contributed by atoms with van der Waals surface area (Å²) in [6.07, 6.45) is 1.58. The Morgan fingerprint density at radius 1 is 1.00 bits per heavy atom. The molecule has 5 heteroatoms. The highest BCUT2D eigenvalue weighted by Crippen LogP contribution is 2.20. The quantitative estimate of drug-likeness (QED) is 0.668. The van der Waals surface area contributed by atoms with Gasteiger partial charge in [-0.05, 0) is 38.0 Å². The zero-order valence-electron chi connectivity index (χ0n) is 16.0. The molecule has 0 unspecified atom stereocenters. The van der Waals surface area contributed by atoms with Gasteiger partial charge >= 0.3 is 0 Å². The number of hydrogen-bond acceptors (Lipinski definition) is 4. The van der Waals surface area contributed by atoms with Crippen LogP contribution in [0.15, 0.2) is 52.9 Å². The molecule has 140 valence electrons. The van der Waals surface area contributed by atoms with Crippen LogP contribution in [0, 0.1) is 13.8 Å². The van der Waals surface area contributed by atoms with E-state index in [0.29, 0.717) is 24.6 Å². The molecule has 5 nitrogen and oxygen atoms in total. The molecule has 1 atom stereocenters. The molecule has 3 rings (SSSR count). The number of carbonyl (C=O) groups is 1. The number of aromatic nitrogens is 2. The van der Waals surface area contributed by atoms with Crippen LogP contribution in [0.3, 0.4) is 0 Å². The molecule has 0 radical (unpaired) electrons. The predicted molar refractivity (Wildman–Crippen MR) is 105 cm³/mol. The highest BCUT2D eigenvalue weighted by atomic mass is 16.4. The third kappa shape index (κ3) is 5.03. The number of benzene rings is 2. The molecule has 0 aliphatic rings. The van der Waals surface area contributed by atoms with Crippen molar-refractivity contribution in [3.63, 3.8) is 0 Å². The Kier molecular flexibility index (Phi) is 6.01. The molecule has 1 aromatic heterocycles. The number of aryl methyl sites for hydroxylation is 3. The van der Waals surface area contributed by atoms with Gasteiger partial charge in [0.15, 0.2) is 0 Å². The first-order valence-corrected chi connectivity index (χ1v) is 9.30. The molecule has 1 heterocycles. The summed E-state index contributed by atoms with van der Waals surface area (Å²) in [4.78, 5) is 12.3. The third-order valence-corrected chi connectivity index (χ3v) is 4.55. The van der Waals surface area contributed by atoms with Crippen LogP contribution in [0.25, 0.3) is 11.5 Å². The summed E-state index contributed by atoms with van der Waals surface area (Å²) in [5.41, 5.74) is 4.39. The summed E-state index contributed by atoms with van der Waals surface area (Å²) < 4.78 is 5.69. The SMILES string of the molecule is CC[C@@H](NC(=O)CCc1nnc(-c2ccc(C)cc2)o1)c1ccc(C)cc1. The molecule has 0 saturated heterocycles. The second kappa shape index (κ2) is 8.62. The van der Waals surface area contributed by atoms with Crippen LogP contribution in [0.2, 0.25) is 0 Å². The van der Waals surface area contributed by atoms with Gasteiger partial charge in [-0.25, -0.2) is 0 Å². The summed E-state index contributed by atoms with van der Waals surface area (Å²) in [7, 11) is 0. The summed E-state index contributed by atoms with van der Waals surface area (Å²) in [5.74, 6) is 0.943. The van der Waals surface area contributed by atoms with Crippen LogP contribution in [0.5, 0.6) is 0 Å². The van der Waals surface area contributed by atoms with E-state index in [9.17, 15) is 4.79 Å². The Morgan fingerprint density at radius 2 is 1.63 bits per heavy atom. The zero-order valence-corrected chi connectivity index (χ0v) is 16.0. The maximum atomic E-state index is 12.3. The maximum Gasteiger partial charge on any atom is 0.247 e. The molecule has 0 bridgehead atoms. The van der Waals surface area contributed by atoms with Crippen molar-refractivity contribution in [2.24, 2.45) is 0 Å². The van der Waals surface area contributed by atoms with Crippen LogP contribution < -0.4 is 5.32 Å². The van der Waals surface area contributed by atoms with Crippen LogP contribution >= 0.6 is 0 Å². The summed E-state index contributed by atoms with van der Waals surface area (Å²) in [6.45, 7) is 6.15. The molecular weight excluding hydrogens is 338 g/mol. The standard InChI is InChI=1S/C22H25N3O2/c1-4-19(17-9-5-15(2)6-10-17)23-20(26)13-14-21-24-25-22(27-21)18-11-7-16(3)8-12-18/h5-12,19H,4,13-14H2,1-3H3,(H,23,26)/t19-/m1/s1. The van der Waals surface area contributed by atoms with Gasteiger partial charge in [-0.1, -0.05) is 54.4 Å². The van der Waals surface area contributed by atoms with Gasteiger partial charge in [-0.2, -0.15) is 0 Å². The Balaban J connectivity index is 1.55. The Labute approximate surface area is 159 Å². The van der Waals surface area contributed by atoms with Crippen LogP contribution in [0.4, 0.5) is 0 Å². The molecular formula is C22H25N3O2. The van der Waals surface area contributed by atoms with E-state index in [1.54, 1.807) is 0 Å². The number of carbonyl (C=O) groups excluding carboxylic acids is 1. The van der Waals surface area contributed by atoms with Crippen molar-refractivity contribution in [3.8, 4) is 11.5 Å². The highest BCUT2D eigenvalue weighted by molar-refractivity contribution is 5.76. The number of nitrogens with one attached hydrogen (secondary N) is 1. The molecule has 0 spiro atoms. The van der Waals surface area contributed by atoms with Crippen LogP contribution in [-0.4, -0.2) is 16.1 Å². The summed E-state index contributed by atoms with van der Waals surface area (Å²) in [6, 6.07) is 16.2. The normalized spacial score (nSPS) is 12.0. The Hall–Kier alpha value is -2.95. The van der Waals surface area contributed by atoms with E-state index in [1.807, 2.05) is 31.2 Å². The molecule has 0 saturated carbocycles. The van der Waals surface area contributed by atoms with Gasteiger partial charge in [0, 0.05) is 18.4 Å². The van der Waals surface area contributed by atoms with E-state index in [4.69, 9.17) is 4.42 Å². The Morgan fingerprint density at radius 3 is 2.26 bits per heavy atom. The lowest BCUT2D eigenvalue weighted by atomic mass is 10.0. The van der Waals surface area contributed by atoms with Crippen molar-refractivity contribution in [2.75, 3.05) is 0 Å². The van der Waals surface area contributed by atoms with Gasteiger partial charge in [-0.3, -0.25) is 4.79 Å². The molecule has 27 heavy (non-hydrogen) atoms. The topological polar surface area (TPSA) is 68.0 Å². The lowest BCUT2D eigenvalue weighted by Crippen LogP contribution is -2.28.